The van der Waals surface area contributed by atoms with Gasteiger partial charge in [-0.3, -0.25) is 4.79 Å². The van der Waals surface area contributed by atoms with Gasteiger partial charge in [-0.15, -0.1) is 0 Å². The maximum Gasteiger partial charge on any atom is 0.223 e. The molecule has 3 aliphatic carbocycles. The first-order valence-electron chi connectivity index (χ1n) is 6.79. The Hall–Kier alpha value is -2.11. The molecule has 6 nitrogen and oxygen atoms in total. The van der Waals surface area contributed by atoms with Crippen LogP contribution in [0.25, 0.3) is 0 Å². The molecule has 1 aromatic heterocycles. The van der Waals surface area contributed by atoms with Crippen molar-refractivity contribution in [2.24, 2.45) is 23.5 Å². The molecule has 4 atom stereocenters. The Morgan fingerprint density at radius 2 is 2.30 bits per heavy atom. The molecular weight excluding hydrogens is 254 g/mol. The number of carbonyl (C=O) groups is 1. The number of nitrogens with one attached hydrogen (secondary N) is 1. The number of hydrogen-bond acceptors (Lipinski definition) is 5. The molecule has 2 bridgehead atoms. The zero-order chi connectivity index (χ0) is 14.5. The molecule has 6 heteroatoms. The van der Waals surface area contributed by atoms with Gasteiger partial charge in [0.05, 0.1) is 11.5 Å². The molecule has 5 N–H and O–H groups in total. The van der Waals surface area contributed by atoms with E-state index in [0.29, 0.717) is 11.7 Å². The third kappa shape index (κ3) is 1.60. The lowest BCUT2D eigenvalue weighted by Crippen LogP contribution is -2.70. The monoisotopic (exact) mass is 273 g/mol. The second-order valence-corrected chi connectivity index (χ2v) is 5.80. The lowest BCUT2D eigenvalue weighted by molar-refractivity contribution is -0.135. The van der Waals surface area contributed by atoms with Crippen molar-refractivity contribution in [2.45, 2.75) is 25.8 Å². The summed E-state index contributed by atoms with van der Waals surface area (Å²) < 4.78 is 0. The van der Waals surface area contributed by atoms with Crippen LogP contribution >= 0.6 is 0 Å². The summed E-state index contributed by atoms with van der Waals surface area (Å²) in [6.07, 6.45) is 6.66. The largest absolute Gasteiger partial charge is 0.369 e. The summed E-state index contributed by atoms with van der Waals surface area (Å²) in [4.78, 5) is 20.0. The number of anilines is 2. The van der Waals surface area contributed by atoms with E-state index in [1.165, 1.54) is 0 Å². The molecule has 0 radical (unpaired) electrons. The number of amides is 1. The summed E-state index contributed by atoms with van der Waals surface area (Å²) in [5.74, 6) is 1.00. The lowest BCUT2D eigenvalue weighted by Gasteiger charge is -2.61. The van der Waals surface area contributed by atoms with Gasteiger partial charge in [0.2, 0.25) is 11.9 Å². The van der Waals surface area contributed by atoms with Gasteiger partial charge in [-0.2, -0.15) is 4.98 Å². The highest BCUT2D eigenvalue weighted by molar-refractivity contribution is 5.82. The predicted octanol–water partition coefficient (Wildman–Crippen LogP) is 0.845. The van der Waals surface area contributed by atoms with Crippen LogP contribution < -0.4 is 16.8 Å². The normalized spacial score (nSPS) is 34.4. The highest BCUT2D eigenvalue weighted by atomic mass is 16.1. The number of carbonyl (C=O) groups excluding carboxylic acids is 1. The average Bonchev–Trinajstić information content (AvgIpc) is 2.41. The van der Waals surface area contributed by atoms with E-state index in [1.54, 1.807) is 6.20 Å². The van der Waals surface area contributed by atoms with E-state index in [9.17, 15) is 4.79 Å². The van der Waals surface area contributed by atoms with Crippen molar-refractivity contribution in [3.8, 4) is 0 Å². The SMILES string of the molecule is Cc1cnc(N)nc1N[C@@]12CC=C[C@@H]([C@H]1C)[C@H]2C(N)=O. The standard InChI is InChI=1S/C14H19N5O/c1-7-6-17-13(16)18-12(7)19-14-5-3-4-9(8(14)2)10(14)11(15)20/h3-4,6,8-10H,5H2,1-2H3,(H2,15,20)(H3,16,17,18,19)/t8-,9+,10+,14+/m1/s1. The predicted molar refractivity (Wildman–Crippen MR) is 76.6 cm³/mol. The molecule has 0 spiro atoms. The van der Waals surface area contributed by atoms with Crippen molar-refractivity contribution in [3.05, 3.63) is 23.9 Å². The average molecular weight is 273 g/mol. The van der Waals surface area contributed by atoms with E-state index < -0.39 is 0 Å². The molecule has 0 aliphatic heterocycles. The van der Waals surface area contributed by atoms with Gasteiger partial charge >= 0.3 is 0 Å². The van der Waals surface area contributed by atoms with Gasteiger partial charge in [0.15, 0.2) is 0 Å². The molecule has 0 aromatic carbocycles. The maximum atomic E-state index is 11.8. The third-order valence-corrected chi connectivity index (χ3v) is 4.79. The van der Waals surface area contributed by atoms with Crippen molar-refractivity contribution in [1.29, 1.82) is 0 Å². The fraction of sp³-hybridized carbons (Fsp3) is 0.500. The Morgan fingerprint density at radius 1 is 1.55 bits per heavy atom. The maximum absolute atomic E-state index is 11.8. The Kier molecular flexibility index (Phi) is 2.70. The summed E-state index contributed by atoms with van der Waals surface area (Å²) >= 11 is 0. The van der Waals surface area contributed by atoms with Crippen molar-refractivity contribution in [3.63, 3.8) is 0 Å². The highest BCUT2D eigenvalue weighted by Crippen LogP contribution is 2.56. The molecular formula is C14H19N5O. The minimum absolute atomic E-state index is 0.196. The number of nitrogens with two attached hydrogens (primary N) is 2. The molecule has 0 saturated heterocycles. The molecule has 1 amide bonds. The first-order valence-corrected chi connectivity index (χ1v) is 6.79. The smallest absolute Gasteiger partial charge is 0.223 e. The van der Waals surface area contributed by atoms with E-state index in [1.807, 2.05) is 6.92 Å². The van der Waals surface area contributed by atoms with E-state index >= 15 is 0 Å². The van der Waals surface area contributed by atoms with Crippen molar-refractivity contribution in [1.82, 2.24) is 9.97 Å². The van der Waals surface area contributed by atoms with Crippen LogP contribution in [-0.2, 0) is 4.79 Å². The summed E-state index contributed by atoms with van der Waals surface area (Å²) in [6.45, 7) is 4.05. The zero-order valence-corrected chi connectivity index (χ0v) is 11.6. The second kappa shape index (κ2) is 4.19. The number of rotatable bonds is 3. The van der Waals surface area contributed by atoms with Crippen LogP contribution in [0.15, 0.2) is 18.3 Å². The number of fused-ring (bicyclic) bond motifs is 1. The van der Waals surface area contributed by atoms with Crippen LogP contribution in [0.5, 0.6) is 0 Å². The van der Waals surface area contributed by atoms with Crippen molar-refractivity contribution < 1.29 is 4.79 Å². The van der Waals surface area contributed by atoms with E-state index in [4.69, 9.17) is 11.5 Å². The Balaban J connectivity index is 1.97. The van der Waals surface area contributed by atoms with Crippen LogP contribution in [-0.4, -0.2) is 21.4 Å². The number of hydrogen-bond donors (Lipinski definition) is 3. The van der Waals surface area contributed by atoms with Crippen molar-refractivity contribution >= 4 is 17.7 Å². The first kappa shape index (κ1) is 12.9. The third-order valence-electron chi connectivity index (χ3n) is 4.79. The Labute approximate surface area is 117 Å². The number of primary amides is 1. The molecule has 4 rings (SSSR count). The van der Waals surface area contributed by atoms with Crippen LogP contribution in [0.3, 0.4) is 0 Å². The van der Waals surface area contributed by atoms with Gasteiger partial charge in [-0.25, -0.2) is 4.98 Å². The topological polar surface area (TPSA) is 107 Å². The second-order valence-electron chi connectivity index (χ2n) is 5.80. The number of aromatic nitrogens is 2. The van der Waals surface area contributed by atoms with Gasteiger partial charge in [0.1, 0.15) is 5.82 Å². The van der Waals surface area contributed by atoms with Gasteiger partial charge in [-0.1, -0.05) is 19.1 Å². The van der Waals surface area contributed by atoms with Gasteiger partial charge in [0.25, 0.3) is 0 Å². The first-order chi connectivity index (χ1) is 9.45. The molecule has 0 unspecified atom stereocenters. The molecule has 1 saturated carbocycles. The molecule has 20 heavy (non-hydrogen) atoms. The van der Waals surface area contributed by atoms with Gasteiger partial charge in [0, 0.05) is 11.8 Å². The van der Waals surface area contributed by atoms with Gasteiger partial charge in [-0.05, 0) is 25.2 Å². The molecule has 106 valence electrons. The summed E-state index contributed by atoms with van der Waals surface area (Å²) in [5, 5.41) is 3.43. The summed E-state index contributed by atoms with van der Waals surface area (Å²) in [6, 6.07) is 0. The zero-order valence-electron chi connectivity index (χ0n) is 11.6. The quantitative estimate of drug-likeness (QED) is 0.708. The van der Waals surface area contributed by atoms with Crippen LogP contribution in [0.2, 0.25) is 0 Å². The van der Waals surface area contributed by atoms with E-state index in [2.05, 4.69) is 34.4 Å². The van der Waals surface area contributed by atoms with Crippen molar-refractivity contribution in [2.75, 3.05) is 11.1 Å². The minimum Gasteiger partial charge on any atom is -0.369 e. The van der Waals surface area contributed by atoms with Crippen LogP contribution in [0, 0.1) is 24.7 Å². The number of allylic oxidation sites excluding steroid dienone is 1. The molecule has 3 aliphatic rings. The Bertz CT molecular complexity index is 599. The summed E-state index contributed by atoms with van der Waals surface area (Å²) in [7, 11) is 0. The number of nitrogens with zero attached hydrogens (tertiary/aromatic N) is 2. The fourth-order valence-electron chi connectivity index (χ4n) is 3.64. The van der Waals surface area contributed by atoms with Crippen LogP contribution in [0.1, 0.15) is 18.9 Å². The van der Waals surface area contributed by atoms with E-state index in [-0.39, 0.29) is 29.2 Å². The van der Waals surface area contributed by atoms with E-state index in [0.717, 1.165) is 12.0 Å². The molecule has 1 heterocycles. The minimum atomic E-state index is -0.350. The van der Waals surface area contributed by atoms with Crippen LogP contribution in [0.4, 0.5) is 11.8 Å². The Morgan fingerprint density at radius 3 is 2.95 bits per heavy atom. The number of aryl methyl sites for hydroxylation is 1. The number of nitrogen functional groups attached to an aromatic ring is 1. The fourth-order valence-corrected chi connectivity index (χ4v) is 3.64. The summed E-state index contributed by atoms with van der Waals surface area (Å²) in [5.41, 5.74) is 11.8. The lowest BCUT2D eigenvalue weighted by atomic mass is 9.48. The molecule has 1 aromatic rings. The molecule has 1 fully saturated rings. The van der Waals surface area contributed by atoms with Gasteiger partial charge < -0.3 is 16.8 Å². The highest BCUT2D eigenvalue weighted by Gasteiger charge is 2.62.